The molecule has 0 aliphatic rings. The van der Waals surface area contributed by atoms with Crippen LogP contribution >= 0.6 is 12.4 Å². The molecular weight excluding hydrogens is 314 g/mol. The summed E-state index contributed by atoms with van der Waals surface area (Å²) in [7, 11) is -1.54. The summed E-state index contributed by atoms with van der Waals surface area (Å²) in [6, 6.07) is 6.45. The molecule has 1 aromatic carbocycles. The third kappa shape index (κ3) is 7.31. The number of rotatable bonds is 8. The third-order valence-corrected chi connectivity index (χ3v) is 4.02. The molecule has 8 heteroatoms. The molecule has 6 nitrogen and oxygen atoms in total. The topological polar surface area (TPSA) is 87.3 Å². The van der Waals surface area contributed by atoms with Crippen LogP contribution < -0.4 is 15.4 Å². The van der Waals surface area contributed by atoms with Crippen molar-refractivity contribution in [3.05, 3.63) is 29.8 Å². The molecule has 0 aliphatic heterocycles. The highest BCUT2D eigenvalue weighted by Crippen LogP contribution is 2.12. The quantitative estimate of drug-likeness (QED) is 0.623. The number of carbonyl (C=O) groups excluding carboxylic acids is 1. The molecule has 1 rings (SSSR count). The lowest BCUT2D eigenvalue weighted by molar-refractivity contribution is 0.0954. The Morgan fingerprint density at radius 2 is 1.95 bits per heavy atom. The Morgan fingerprint density at radius 1 is 1.24 bits per heavy atom. The number of likely N-dealkylation sites (N-methyl/N-ethyl adjacent to an activating group) is 1. The van der Waals surface area contributed by atoms with Gasteiger partial charge in [-0.05, 0) is 31.7 Å². The van der Waals surface area contributed by atoms with Crippen LogP contribution in [0.1, 0.15) is 23.7 Å². The Labute approximate surface area is 132 Å². The van der Waals surface area contributed by atoms with E-state index in [4.69, 9.17) is 0 Å². The fourth-order valence-corrected chi connectivity index (χ4v) is 2.75. The highest BCUT2D eigenvalue weighted by atomic mass is 35.5. The Hall–Kier alpha value is -1.31. The summed E-state index contributed by atoms with van der Waals surface area (Å²) in [5.41, 5.74) is 0.831. The molecule has 120 valence electrons. The summed E-state index contributed by atoms with van der Waals surface area (Å²) in [6.45, 7) is 2.99. The SMILES string of the molecule is CCCS(=O)(=O)Nc1cccc(C(=O)NCCNC)c1.Cl. The Balaban J connectivity index is 0.00000400. The van der Waals surface area contributed by atoms with Gasteiger partial charge < -0.3 is 10.6 Å². The molecule has 0 radical (unpaired) electrons. The maximum atomic E-state index is 11.8. The van der Waals surface area contributed by atoms with E-state index in [2.05, 4.69) is 15.4 Å². The van der Waals surface area contributed by atoms with Crippen LogP contribution in [0, 0.1) is 0 Å². The number of halogens is 1. The number of hydrogen-bond acceptors (Lipinski definition) is 4. The van der Waals surface area contributed by atoms with E-state index in [1.54, 1.807) is 32.2 Å². The fourth-order valence-electron chi connectivity index (χ4n) is 1.63. The van der Waals surface area contributed by atoms with Gasteiger partial charge in [0.1, 0.15) is 0 Å². The first-order valence-corrected chi connectivity index (χ1v) is 8.17. The molecule has 21 heavy (non-hydrogen) atoms. The van der Waals surface area contributed by atoms with Crippen molar-refractivity contribution in [1.29, 1.82) is 0 Å². The molecule has 0 aliphatic carbocycles. The highest BCUT2D eigenvalue weighted by Gasteiger charge is 2.10. The van der Waals surface area contributed by atoms with E-state index < -0.39 is 10.0 Å². The molecule has 0 atom stereocenters. The maximum absolute atomic E-state index is 11.8. The summed E-state index contributed by atoms with van der Waals surface area (Å²) >= 11 is 0. The van der Waals surface area contributed by atoms with E-state index in [0.717, 1.165) is 0 Å². The standard InChI is InChI=1S/C13H21N3O3S.ClH/c1-3-9-20(18,19)16-12-6-4-5-11(10-12)13(17)15-8-7-14-2;/h4-6,10,14,16H,3,7-9H2,1-2H3,(H,15,17);1H. The monoisotopic (exact) mass is 335 g/mol. The van der Waals surface area contributed by atoms with Crippen molar-refractivity contribution in [3.8, 4) is 0 Å². The number of sulfonamides is 1. The second-order valence-corrected chi connectivity index (χ2v) is 6.20. The van der Waals surface area contributed by atoms with Crippen molar-refractivity contribution < 1.29 is 13.2 Å². The molecule has 0 spiro atoms. The Morgan fingerprint density at radius 3 is 2.57 bits per heavy atom. The van der Waals surface area contributed by atoms with Gasteiger partial charge in [0, 0.05) is 24.3 Å². The van der Waals surface area contributed by atoms with E-state index in [0.29, 0.717) is 30.8 Å². The maximum Gasteiger partial charge on any atom is 0.251 e. The van der Waals surface area contributed by atoms with E-state index >= 15 is 0 Å². The number of amides is 1. The molecule has 3 N–H and O–H groups in total. The van der Waals surface area contributed by atoms with Gasteiger partial charge in [0.2, 0.25) is 10.0 Å². The molecule has 0 unspecified atom stereocenters. The van der Waals surface area contributed by atoms with Gasteiger partial charge in [-0.2, -0.15) is 0 Å². The van der Waals surface area contributed by atoms with Gasteiger partial charge in [-0.25, -0.2) is 8.42 Å². The van der Waals surface area contributed by atoms with Gasteiger partial charge >= 0.3 is 0 Å². The number of anilines is 1. The van der Waals surface area contributed by atoms with Crippen molar-refractivity contribution in [3.63, 3.8) is 0 Å². The lowest BCUT2D eigenvalue weighted by atomic mass is 10.2. The van der Waals surface area contributed by atoms with Crippen LogP contribution in [0.3, 0.4) is 0 Å². The summed E-state index contributed by atoms with van der Waals surface area (Å²) in [6.07, 6.45) is 0.541. The molecule has 0 aromatic heterocycles. The van der Waals surface area contributed by atoms with Crippen LogP contribution in [0.5, 0.6) is 0 Å². The van der Waals surface area contributed by atoms with Crippen molar-refractivity contribution in [2.45, 2.75) is 13.3 Å². The van der Waals surface area contributed by atoms with E-state index in [1.807, 2.05) is 0 Å². The molecule has 0 fully saturated rings. The van der Waals surface area contributed by atoms with Crippen LogP contribution in [0.15, 0.2) is 24.3 Å². The Bertz CT molecular complexity index is 549. The molecule has 0 saturated carbocycles. The Kier molecular flexibility index (Phi) is 9.00. The smallest absolute Gasteiger partial charge is 0.251 e. The average Bonchev–Trinajstić information content (AvgIpc) is 2.38. The van der Waals surface area contributed by atoms with Crippen molar-refractivity contribution in [1.82, 2.24) is 10.6 Å². The van der Waals surface area contributed by atoms with E-state index in [9.17, 15) is 13.2 Å². The van der Waals surface area contributed by atoms with Gasteiger partial charge in [-0.15, -0.1) is 12.4 Å². The van der Waals surface area contributed by atoms with Crippen molar-refractivity contribution >= 4 is 34.0 Å². The molecule has 0 bridgehead atoms. The average molecular weight is 336 g/mol. The molecule has 0 saturated heterocycles. The van der Waals surface area contributed by atoms with Gasteiger partial charge in [0.25, 0.3) is 5.91 Å². The number of carbonyl (C=O) groups is 1. The number of hydrogen-bond donors (Lipinski definition) is 3. The van der Waals surface area contributed by atoms with Crippen LogP contribution in [-0.2, 0) is 10.0 Å². The predicted molar refractivity (Wildman–Crippen MR) is 87.7 cm³/mol. The van der Waals surface area contributed by atoms with Crippen molar-refractivity contribution in [2.75, 3.05) is 30.6 Å². The first kappa shape index (κ1) is 19.7. The van der Waals surface area contributed by atoms with Gasteiger partial charge in [-0.3, -0.25) is 9.52 Å². The van der Waals surface area contributed by atoms with Gasteiger partial charge in [-0.1, -0.05) is 13.0 Å². The first-order chi connectivity index (χ1) is 9.48. The van der Waals surface area contributed by atoms with Crippen molar-refractivity contribution in [2.24, 2.45) is 0 Å². The third-order valence-electron chi connectivity index (χ3n) is 2.53. The first-order valence-electron chi connectivity index (χ1n) is 6.52. The van der Waals surface area contributed by atoms with Gasteiger partial charge in [0.15, 0.2) is 0 Å². The van der Waals surface area contributed by atoms with Gasteiger partial charge in [0.05, 0.1) is 5.75 Å². The fraction of sp³-hybridized carbons (Fsp3) is 0.462. The van der Waals surface area contributed by atoms with E-state index in [-0.39, 0.29) is 24.1 Å². The normalized spacial score (nSPS) is 10.6. The van der Waals surface area contributed by atoms with Crippen LogP contribution in [-0.4, -0.2) is 40.2 Å². The molecular formula is C13H22ClN3O3S. The summed E-state index contributed by atoms with van der Waals surface area (Å²) in [5.74, 6) is -0.164. The van der Waals surface area contributed by atoms with E-state index in [1.165, 1.54) is 6.07 Å². The minimum atomic E-state index is -3.34. The number of benzene rings is 1. The lowest BCUT2D eigenvalue weighted by Crippen LogP contribution is -2.30. The second-order valence-electron chi connectivity index (χ2n) is 4.36. The summed E-state index contributed by atoms with van der Waals surface area (Å²) in [4.78, 5) is 11.8. The molecule has 1 aromatic rings. The second kappa shape index (κ2) is 9.59. The lowest BCUT2D eigenvalue weighted by Gasteiger charge is -2.09. The predicted octanol–water partition coefficient (Wildman–Crippen LogP) is 1.21. The largest absolute Gasteiger partial charge is 0.351 e. The number of nitrogens with one attached hydrogen (secondary N) is 3. The van der Waals surface area contributed by atoms with Crippen LogP contribution in [0.25, 0.3) is 0 Å². The zero-order valence-electron chi connectivity index (χ0n) is 12.2. The molecule has 1 amide bonds. The zero-order valence-corrected chi connectivity index (χ0v) is 13.8. The minimum Gasteiger partial charge on any atom is -0.351 e. The van der Waals surface area contributed by atoms with Crippen LogP contribution in [0.2, 0.25) is 0 Å². The molecule has 0 heterocycles. The minimum absolute atomic E-state index is 0. The summed E-state index contributed by atoms with van der Waals surface area (Å²) in [5, 5.41) is 5.66. The zero-order chi connectivity index (χ0) is 15.0. The highest BCUT2D eigenvalue weighted by molar-refractivity contribution is 7.92. The van der Waals surface area contributed by atoms with Crippen LogP contribution in [0.4, 0.5) is 5.69 Å². The summed E-state index contributed by atoms with van der Waals surface area (Å²) < 4.78 is 25.8.